The van der Waals surface area contributed by atoms with Gasteiger partial charge in [-0.15, -0.1) is 0 Å². The lowest BCUT2D eigenvalue weighted by molar-refractivity contribution is -0.140. The average molecular weight is 255 g/mol. The molecule has 1 aromatic rings. The molecule has 2 atom stereocenters. The molecule has 98 valence electrons. The molecule has 0 heterocycles. The van der Waals surface area contributed by atoms with Crippen LogP contribution in [-0.4, -0.2) is 17.1 Å². The fraction of sp³-hybridized carbons (Fsp3) is 0.462. The Hall–Kier alpha value is -1.49. The maximum Gasteiger partial charge on any atom is 0.320 e. The minimum absolute atomic E-state index is 0.0987. The van der Waals surface area contributed by atoms with Crippen LogP contribution in [0.25, 0.3) is 0 Å². The topological polar surface area (TPSA) is 49.3 Å². The van der Waals surface area contributed by atoms with Crippen LogP contribution in [0, 0.1) is 17.6 Å². The molecule has 1 saturated carbocycles. The molecule has 1 fully saturated rings. The summed E-state index contributed by atoms with van der Waals surface area (Å²) >= 11 is 0. The minimum Gasteiger partial charge on any atom is -0.480 e. The van der Waals surface area contributed by atoms with Crippen LogP contribution in [0.4, 0.5) is 8.78 Å². The van der Waals surface area contributed by atoms with Crippen molar-refractivity contribution in [3.05, 3.63) is 35.4 Å². The molecular formula is C13H15F2NO2. The number of benzene rings is 1. The Bertz CT molecular complexity index is 460. The Morgan fingerprint density at radius 2 is 2.11 bits per heavy atom. The largest absolute Gasteiger partial charge is 0.480 e. The predicted octanol–water partition coefficient (Wildman–Crippen LogP) is 2.48. The molecular weight excluding hydrogens is 240 g/mol. The van der Waals surface area contributed by atoms with E-state index in [1.54, 1.807) is 6.92 Å². The van der Waals surface area contributed by atoms with Crippen molar-refractivity contribution < 1.29 is 18.7 Å². The van der Waals surface area contributed by atoms with E-state index in [1.807, 2.05) is 0 Å². The van der Waals surface area contributed by atoms with Crippen LogP contribution < -0.4 is 5.32 Å². The summed E-state index contributed by atoms with van der Waals surface area (Å²) in [5.74, 6) is -1.91. The van der Waals surface area contributed by atoms with Gasteiger partial charge < -0.3 is 5.11 Å². The second kappa shape index (κ2) is 5.02. The number of nitrogens with one attached hydrogen (secondary N) is 1. The van der Waals surface area contributed by atoms with Gasteiger partial charge in [-0.05, 0) is 43.9 Å². The Morgan fingerprint density at radius 3 is 2.67 bits per heavy atom. The number of carboxylic acid groups (broad SMARTS) is 1. The van der Waals surface area contributed by atoms with Crippen molar-refractivity contribution >= 4 is 5.97 Å². The Morgan fingerprint density at radius 1 is 1.44 bits per heavy atom. The Kier molecular flexibility index (Phi) is 3.61. The van der Waals surface area contributed by atoms with Gasteiger partial charge in [0.1, 0.15) is 17.7 Å². The Labute approximate surface area is 104 Å². The first-order valence-corrected chi connectivity index (χ1v) is 5.93. The summed E-state index contributed by atoms with van der Waals surface area (Å²) in [6.45, 7) is 1.64. The summed E-state index contributed by atoms with van der Waals surface area (Å²) in [6, 6.07) is 1.96. The molecule has 0 saturated heterocycles. The van der Waals surface area contributed by atoms with E-state index >= 15 is 0 Å². The predicted molar refractivity (Wildman–Crippen MR) is 62.1 cm³/mol. The van der Waals surface area contributed by atoms with E-state index in [0.29, 0.717) is 0 Å². The molecule has 0 amide bonds. The maximum atomic E-state index is 13.5. The number of rotatable bonds is 5. The first kappa shape index (κ1) is 13.0. The van der Waals surface area contributed by atoms with Gasteiger partial charge in [-0.25, -0.2) is 8.78 Å². The number of carbonyl (C=O) groups is 1. The van der Waals surface area contributed by atoms with E-state index in [0.717, 1.165) is 31.0 Å². The van der Waals surface area contributed by atoms with Crippen LogP contribution >= 0.6 is 0 Å². The van der Waals surface area contributed by atoms with Crippen LogP contribution in [0.15, 0.2) is 18.2 Å². The van der Waals surface area contributed by atoms with Crippen molar-refractivity contribution in [1.82, 2.24) is 5.32 Å². The van der Waals surface area contributed by atoms with Gasteiger partial charge >= 0.3 is 5.97 Å². The second-order valence-corrected chi connectivity index (χ2v) is 4.71. The number of hydrogen-bond donors (Lipinski definition) is 2. The SMILES string of the molecule is CC(NC(C(=O)O)C1CC1)c1cc(F)ccc1F. The van der Waals surface area contributed by atoms with Gasteiger partial charge in [0.25, 0.3) is 0 Å². The van der Waals surface area contributed by atoms with Crippen molar-refractivity contribution in [1.29, 1.82) is 0 Å². The summed E-state index contributed by atoms with van der Waals surface area (Å²) in [5, 5.41) is 11.9. The van der Waals surface area contributed by atoms with Crippen LogP contribution in [0.1, 0.15) is 31.4 Å². The van der Waals surface area contributed by atoms with Gasteiger partial charge in [0, 0.05) is 11.6 Å². The number of aliphatic carboxylic acids is 1. The highest BCUT2D eigenvalue weighted by Gasteiger charge is 2.37. The van der Waals surface area contributed by atoms with Crippen molar-refractivity contribution in [3.63, 3.8) is 0 Å². The summed E-state index contributed by atoms with van der Waals surface area (Å²) in [5.41, 5.74) is 0.155. The van der Waals surface area contributed by atoms with E-state index in [4.69, 9.17) is 5.11 Å². The van der Waals surface area contributed by atoms with E-state index in [9.17, 15) is 13.6 Å². The molecule has 2 rings (SSSR count). The van der Waals surface area contributed by atoms with Crippen molar-refractivity contribution in [2.45, 2.75) is 31.8 Å². The van der Waals surface area contributed by atoms with Crippen molar-refractivity contribution in [3.8, 4) is 0 Å². The third kappa shape index (κ3) is 2.85. The van der Waals surface area contributed by atoms with E-state index in [-0.39, 0.29) is 11.5 Å². The lowest BCUT2D eigenvalue weighted by Gasteiger charge is -2.20. The Balaban J connectivity index is 2.12. The minimum atomic E-state index is -0.943. The normalized spacial score (nSPS) is 18.4. The second-order valence-electron chi connectivity index (χ2n) is 4.71. The third-order valence-corrected chi connectivity index (χ3v) is 3.21. The summed E-state index contributed by atoms with van der Waals surface area (Å²) in [7, 11) is 0. The van der Waals surface area contributed by atoms with Crippen LogP contribution in [0.2, 0.25) is 0 Å². The lowest BCUT2D eigenvalue weighted by atomic mass is 10.0. The zero-order valence-corrected chi connectivity index (χ0v) is 9.99. The lowest BCUT2D eigenvalue weighted by Crippen LogP contribution is -2.40. The third-order valence-electron chi connectivity index (χ3n) is 3.21. The van der Waals surface area contributed by atoms with Gasteiger partial charge in [0.05, 0.1) is 0 Å². The highest BCUT2D eigenvalue weighted by atomic mass is 19.1. The fourth-order valence-electron chi connectivity index (χ4n) is 2.04. The highest BCUT2D eigenvalue weighted by Crippen LogP contribution is 2.34. The number of halogens is 2. The van der Waals surface area contributed by atoms with Gasteiger partial charge in [-0.3, -0.25) is 10.1 Å². The van der Waals surface area contributed by atoms with Crippen molar-refractivity contribution in [2.24, 2.45) is 5.92 Å². The fourth-order valence-corrected chi connectivity index (χ4v) is 2.04. The van der Waals surface area contributed by atoms with Crippen LogP contribution in [-0.2, 0) is 4.79 Å². The van der Waals surface area contributed by atoms with Gasteiger partial charge in [0.2, 0.25) is 0 Å². The van der Waals surface area contributed by atoms with E-state index < -0.39 is 29.7 Å². The van der Waals surface area contributed by atoms with Crippen molar-refractivity contribution in [2.75, 3.05) is 0 Å². The number of hydrogen-bond acceptors (Lipinski definition) is 2. The molecule has 2 unspecified atom stereocenters. The van der Waals surface area contributed by atoms with Crippen LogP contribution in [0.3, 0.4) is 0 Å². The zero-order valence-electron chi connectivity index (χ0n) is 9.99. The molecule has 0 bridgehead atoms. The molecule has 18 heavy (non-hydrogen) atoms. The van der Waals surface area contributed by atoms with E-state index in [2.05, 4.69) is 5.32 Å². The molecule has 1 aliphatic rings. The molecule has 0 aromatic heterocycles. The quantitative estimate of drug-likeness (QED) is 0.849. The average Bonchev–Trinajstić information content (AvgIpc) is 3.12. The first-order valence-electron chi connectivity index (χ1n) is 5.93. The molecule has 2 N–H and O–H groups in total. The summed E-state index contributed by atoms with van der Waals surface area (Å²) < 4.78 is 26.6. The van der Waals surface area contributed by atoms with Gasteiger partial charge in [-0.1, -0.05) is 0 Å². The molecule has 3 nitrogen and oxygen atoms in total. The standard InChI is InChI=1S/C13H15F2NO2/c1-7(10-6-9(14)4-5-11(10)15)16-12(13(17)18)8-2-3-8/h4-8,12,16H,2-3H2,1H3,(H,17,18). The first-order chi connectivity index (χ1) is 8.49. The monoisotopic (exact) mass is 255 g/mol. The zero-order chi connectivity index (χ0) is 13.3. The summed E-state index contributed by atoms with van der Waals surface area (Å²) in [4.78, 5) is 11.1. The molecule has 0 spiro atoms. The van der Waals surface area contributed by atoms with Gasteiger partial charge in [0.15, 0.2) is 0 Å². The summed E-state index contributed by atoms with van der Waals surface area (Å²) in [6.07, 6.45) is 1.73. The van der Waals surface area contributed by atoms with E-state index in [1.165, 1.54) is 0 Å². The van der Waals surface area contributed by atoms with Crippen LogP contribution in [0.5, 0.6) is 0 Å². The number of carboxylic acids is 1. The molecule has 0 aliphatic heterocycles. The molecule has 5 heteroatoms. The molecule has 0 radical (unpaired) electrons. The highest BCUT2D eigenvalue weighted by molar-refractivity contribution is 5.74. The van der Waals surface area contributed by atoms with Gasteiger partial charge in [-0.2, -0.15) is 0 Å². The molecule has 1 aromatic carbocycles. The molecule has 1 aliphatic carbocycles. The maximum absolute atomic E-state index is 13.5. The smallest absolute Gasteiger partial charge is 0.320 e.